The Morgan fingerprint density at radius 3 is 2.66 bits per heavy atom. The summed E-state index contributed by atoms with van der Waals surface area (Å²) in [4.78, 5) is 42.2. The summed E-state index contributed by atoms with van der Waals surface area (Å²) in [5.41, 5.74) is 0.190. The molecule has 0 bridgehead atoms. The highest BCUT2D eigenvalue weighted by Gasteiger charge is 2.45. The number of aromatic nitrogens is 1. The molecule has 1 aliphatic carbocycles. The third-order valence-corrected chi connectivity index (χ3v) is 8.43. The van der Waals surface area contributed by atoms with Crippen LogP contribution < -0.4 is 10.6 Å². The van der Waals surface area contributed by atoms with Crippen molar-refractivity contribution in [1.29, 1.82) is 0 Å². The summed E-state index contributed by atoms with van der Waals surface area (Å²) in [5, 5.41) is 16.3. The summed E-state index contributed by atoms with van der Waals surface area (Å²) in [6.07, 6.45) is 0.864. The number of aliphatic carboxylic acids is 1. The number of amides is 2. The van der Waals surface area contributed by atoms with Crippen molar-refractivity contribution in [3.05, 3.63) is 64.3 Å². The van der Waals surface area contributed by atoms with Crippen molar-refractivity contribution in [2.75, 3.05) is 5.75 Å². The van der Waals surface area contributed by atoms with E-state index in [1.165, 1.54) is 18.2 Å². The van der Waals surface area contributed by atoms with Crippen LogP contribution in [-0.2, 0) is 27.2 Å². The molecule has 1 aromatic heterocycles. The predicted octanol–water partition coefficient (Wildman–Crippen LogP) is 4.85. The molecule has 2 unspecified atom stereocenters. The lowest BCUT2D eigenvalue weighted by Gasteiger charge is -2.36. The number of carboxylic acid groups (broad SMARTS) is 1. The second-order valence-electron chi connectivity index (χ2n) is 9.60. The van der Waals surface area contributed by atoms with Crippen LogP contribution in [0, 0.1) is 17.6 Å². The van der Waals surface area contributed by atoms with E-state index < -0.39 is 41.0 Å². The first-order chi connectivity index (χ1) is 18.0. The van der Waals surface area contributed by atoms with E-state index in [9.17, 15) is 28.3 Å². The van der Waals surface area contributed by atoms with Gasteiger partial charge in [0.15, 0.2) is 0 Å². The highest BCUT2D eigenvalue weighted by Crippen LogP contribution is 2.37. The highest BCUT2D eigenvalue weighted by atomic mass is 35.5. The van der Waals surface area contributed by atoms with Crippen LogP contribution in [0.2, 0.25) is 5.02 Å². The van der Waals surface area contributed by atoms with Gasteiger partial charge in [-0.1, -0.05) is 44.0 Å². The van der Waals surface area contributed by atoms with E-state index in [-0.39, 0.29) is 29.5 Å². The van der Waals surface area contributed by atoms with E-state index in [0.717, 1.165) is 17.5 Å². The van der Waals surface area contributed by atoms with Crippen LogP contribution in [0.4, 0.5) is 8.78 Å². The van der Waals surface area contributed by atoms with Crippen LogP contribution in [-0.4, -0.2) is 45.2 Å². The summed E-state index contributed by atoms with van der Waals surface area (Å²) >= 11 is 7.20. The van der Waals surface area contributed by atoms with E-state index >= 15 is 0 Å². The molecule has 3 aromatic rings. The van der Waals surface area contributed by atoms with E-state index in [1.807, 2.05) is 6.92 Å². The van der Waals surface area contributed by atoms with Crippen LogP contribution >= 0.6 is 23.4 Å². The molecule has 0 saturated heterocycles. The Labute approximate surface area is 227 Å². The summed E-state index contributed by atoms with van der Waals surface area (Å²) in [7, 11) is 0. The molecule has 38 heavy (non-hydrogen) atoms. The second kappa shape index (κ2) is 11.3. The lowest BCUT2D eigenvalue weighted by atomic mass is 9.79. The molecule has 1 aliphatic rings. The Balaban J connectivity index is 1.54. The average molecular weight is 564 g/mol. The Hall–Kier alpha value is -3.11. The third kappa shape index (κ3) is 5.66. The monoisotopic (exact) mass is 563 g/mol. The number of fused-ring (bicyclic) bond motifs is 3. The first kappa shape index (κ1) is 27.9. The first-order valence-electron chi connectivity index (χ1n) is 12.2. The number of hydrogen-bond donors (Lipinski definition) is 4. The number of benzene rings is 2. The number of nitrogens with one attached hydrogen (secondary N) is 3. The topological polar surface area (TPSA) is 111 Å². The van der Waals surface area contributed by atoms with E-state index in [1.54, 1.807) is 25.1 Å². The van der Waals surface area contributed by atoms with Gasteiger partial charge in [-0.25, -0.2) is 13.6 Å². The first-order valence-corrected chi connectivity index (χ1v) is 13.6. The summed E-state index contributed by atoms with van der Waals surface area (Å²) < 4.78 is 28.0. The zero-order chi connectivity index (χ0) is 27.6. The SMILES string of the molecule is CCC(C)C(NC(=O)CSc1ccccc1F)C(=O)N[C@]1(C(=O)O)CCc2[nH]c3c(Cl)cc(F)cc3c2C1. The second-order valence-corrected chi connectivity index (χ2v) is 11.0. The molecule has 0 radical (unpaired) electrons. The van der Waals surface area contributed by atoms with Crippen LogP contribution in [0.3, 0.4) is 0 Å². The largest absolute Gasteiger partial charge is 0.479 e. The molecule has 2 aromatic carbocycles. The van der Waals surface area contributed by atoms with Gasteiger partial charge in [0.2, 0.25) is 11.8 Å². The Morgan fingerprint density at radius 1 is 1.24 bits per heavy atom. The number of thioether (sulfide) groups is 1. The summed E-state index contributed by atoms with van der Waals surface area (Å²) in [6.45, 7) is 3.64. The van der Waals surface area contributed by atoms with Crippen molar-refractivity contribution in [3.8, 4) is 0 Å². The fourth-order valence-corrected chi connectivity index (χ4v) is 5.75. The maximum absolute atomic E-state index is 14.1. The molecule has 0 spiro atoms. The average Bonchev–Trinajstić information content (AvgIpc) is 3.24. The zero-order valence-corrected chi connectivity index (χ0v) is 22.4. The molecule has 0 saturated carbocycles. The van der Waals surface area contributed by atoms with Gasteiger partial charge in [0.25, 0.3) is 0 Å². The fourth-order valence-electron chi connectivity index (χ4n) is 4.75. The van der Waals surface area contributed by atoms with Crippen molar-refractivity contribution in [2.45, 2.75) is 56.0 Å². The summed E-state index contributed by atoms with van der Waals surface area (Å²) in [6, 6.07) is 7.55. The molecular weight excluding hydrogens is 536 g/mol. The fraction of sp³-hybridized carbons (Fsp3) is 0.370. The standard InChI is InChI=1S/C27H28ClF2N3O4S/c1-3-14(2)23(32-22(34)13-38-21-7-5-4-6-19(21)30)25(35)33-27(26(36)37)9-8-20-17(12-27)16-10-15(29)11-18(28)24(16)31-20/h4-7,10-11,14,23,31H,3,8-9,12-13H2,1-2H3,(H,32,34)(H,33,35)(H,36,37)/t14?,23?,27-/m1/s1. The number of carboxylic acids is 1. The molecule has 0 fully saturated rings. The number of H-pyrrole nitrogens is 1. The Kier molecular flexibility index (Phi) is 8.32. The van der Waals surface area contributed by atoms with Gasteiger partial charge in [0, 0.05) is 22.4 Å². The minimum Gasteiger partial charge on any atom is -0.479 e. The van der Waals surface area contributed by atoms with Crippen molar-refractivity contribution < 1.29 is 28.3 Å². The normalized spacial score (nSPS) is 18.4. The van der Waals surface area contributed by atoms with Gasteiger partial charge in [0.05, 0.1) is 16.3 Å². The molecule has 1 heterocycles. The lowest BCUT2D eigenvalue weighted by Crippen LogP contribution is -2.62. The molecular formula is C27H28ClF2N3O4S. The van der Waals surface area contributed by atoms with Gasteiger partial charge in [-0.05, 0) is 48.6 Å². The maximum atomic E-state index is 14.1. The number of rotatable bonds is 9. The zero-order valence-electron chi connectivity index (χ0n) is 20.9. The quantitative estimate of drug-likeness (QED) is 0.278. The molecule has 4 N–H and O–H groups in total. The Morgan fingerprint density at radius 2 is 1.97 bits per heavy atom. The predicted molar refractivity (Wildman–Crippen MR) is 142 cm³/mol. The number of aryl methyl sites for hydroxylation is 1. The van der Waals surface area contributed by atoms with Crippen molar-refractivity contribution in [3.63, 3.8) is 0 Å². The van der Waals surface area contributed by atoms with Crippen molar-refractivity contribution in [2.24, 2.45) is 5.92 Å². The minimum absolute atomic E-state index is 0.0759. The van der Waals surface area contributed by atoms with E-state index in [4.69, 9.17) is 11.6 Å². The minimum atomic E-state index is -1.66. The lowest BCUT2D eigenvalue weighted by molar-refractivity contribution is -0.149. The number of halogens is 3. The number of hydrogen-bond acceptors (Lipinski definition) is 4. The van der Waals surface area contributed by atoms with Gasteiger partial charge in [-0.2, -0.15) is 0 Å². The van der Waals surface area contributed by atoms with Gasteiger partial charge in [0.1, 0.15) is 23.2 Å². The van der Waals surface area contributed by atoms with E-state index in [2.05, 4.69) is 15.6 Å². The van der Waals surface area contributed by atoms with Gasteiger partial charge >= 0.3 is 5.97 Å². The van der Waals surface area contributed by atoms with Gasteiger partial charge in [-0.3, -0.25) is 9.59 Å². The molecule has 2 amide bonds. The number of carbonyl (C=O) groups is 3. The summed E-state index contributed by atoms with van der Waals surface area (Å²) in [5.74, 6) is -3.74. The highest BCUT2D eigenvalue weighted by molar-refractivity contribution is 8.00. The third-order valence-electron chi connectivity index (χ3n) is 7.08. The maximum Gasteiger partial charge on any atom is 0.329 e. The molecule has 202 valence electrons. The Bertz CT molecular complexity index is 1400. The van der Waals surface area contributed by atoms with Gasteiger partial charge in [-0.15, -0.1) is 11.8 Å². The van der Waals surface area contributed by atoms with E-state index in [0.29, 0.717) is 34.2 Å². The van der Waals surface area contributed by atoms with Crippen LogP contribution in [0.1, 0.15) is 37.9 Å². The van der Waals surface area contributed by atoms with Gasteiger partial charge < -0.3 is 20.7 Å². The molecule has 0 aliphatic heterocycles. The van der Waals surface area contributed by atoms with Crippen LogP contribution in [0.5, 0.6) is 0 Å². The number of aromatic amines is 1. The molecule has 4 rings (SSSR count). The number of carbonyl (C=O) groups excluding carboxylic acids is 2. The molecule has 11 heteroatoms. The smallest absolute Gasteiger partial charge is 0.329 e. The van der Waals surface area contributed by atoms with Crippen molar-refractivity contribution >= 4 is 52.0 Å². The molecule has 7 nitrogen and oxygen atoms in total. The van der Waals surface area contributed by atoms with Crippen LogP contribution in [0.15, 0.2) is 41.3 Å². The van der Waals surface area contributed by atoms with Crippen molar-refractivity contribution in [1.82, 2.24) is 15.6 Å². The molecule has 3 atom stereocenters. The van der Waals surface area contributed by atoms with Crippen LogP contribution in [0.25, 0.3) is 10.9 Å².